The number of hydrogen-bond donors (Lipinski definition) is 0. The maximum Gasteiger partial charge on any atom is 0.189 e. The number of aliphatic imine (C=N–C) groups is 1. The van der Waals surface area contributed by atoms with Gasteiger partial charge in [0.05, 0.1) is 12.5 Å². The molecule has 0 radical (unpaired) electrons. The Morgan fingerprint density at radius 2 is 2.38 bits per heavy atom. The van der Waals surface area contributed by atoms with Crippen LogP contribution < -0.4 is 0 Å². The number of hydrogen-bond acceptors (Lipinski definition) is 5. The van der Waals surface area contributed by atoms with Gasteiger partial charge in [0.15, 0.2) is 11.0 Å². The zero-order chi connectivity index (χ0) is 12.0. The van der Waals surface area contributed by atoms with Crippen LogP contribution in [0.1, 0.15) is 12.5 Å². The lowest BCUT2D eigenvalue weighted by Crippen LogP contribution is -2.07. The lowest BCUT2D eigenvalue weighted by atomic mass is 10.3. The summed E-state index contributed by atoms with van der Waals surface area (Å²) in [4.78, 5) is 14.2. The molecular weight excluding hydrogens is 222 g/mol. The van der Waals surface area contributed by atoms with Gasteiger partial charge >= 0.3 is 0 Å². The van der Waals surface area contributed by atoms with Crippen molar-refractivity contribution in [1.29, 1.82) is 5.26 Å². The molecule has 0 amide bonds. The fourth-order valence-corrected chi connectivity index (χ4v) is 1.44. The van der Waals surface area contributed by atoms with E-state index in [1.54, 1.807) is 11.2 Å². The summed E-state index contributed by atoms with van der Waals surface area (Å²) < 4.78 is 0. The molecule has 5 nitrogen and oxygen atoms in total. The minimum Gasteiger partial charge on any atom is -0.369 e. The molecule has 0 saturated carbocycles. The van der Waals surface area contributed by atoms with E-state index in [-0.39, 0.29) is 0 Å². The highest BCUT2D eigenvalue weighted by molar-refractivity contribution is 7.99. The number of rotatable bonds is 4. The first-order valence-electron chi connectivity index (χ1n) is 4.78. The minimum absolute atomic E-state index is 0.388. The van der Waals surface area contributed by atoms with Gasteiger partial charge in [-0.2, -0.15) is 5.26 Å². The van der Waals surface area contributed by atoms with Gasteiger partial charge in [-0.1, -0.05) is 18.7 Å². The van der Waals surface area contributed by atoms with Gasteiger partial charge in [-0.25, -0.2) is 15.0 Å². The molecule has 0 aliphatic rings. The average molecular weight is 235 g/mol. The zero-order valence-corrected chi connectivity index (χ0v) is 10.3. The average Bonchev–Trinajstić information content (AvgIpc) is 2.27. The predicted molar refractivity (Wildman–Crippen MR) is 65.0 cm³/mol. The topological polar surface area (TPSA) is 65.2 Å². The van der Waals surface area contributed by atoms with E-state index in [0.717, 1.165) is 5.75 Å². The molecular formula is C10H13N5S. The molecule has 0 aliphatic carbocycles. The van der Waals surface area contributed by atoms with E-state index in [1.165, 1.54) is 18.0 Å². The molecule has 1 aromatic heterocycles. The van der Waals surface area contributed by atoms with Crippen LogP contribution in [0.4, 0.5) is 5.82 Å². The van der Waals surface area contributed by atoms with Gasteiger partial charge in [0.1, 0.15) is 11.6 Å². The van der Waals surface area contributed by atoms with E-state index in [9.17, 15) is 0 Å². The number of nitriles is 1. The van der Waals surface area contributed by atoms with Crippen LogP contribution in [0.2, 0.25) is 0 Å². The van der Waals surface area contributed by atoms with Gasteiger partial charge in [0.25, 0.3) is 0 Å². The van der Waals surface area contributed by atoms with E-state index in [0.29, 0.717) is 16.5 Å². The van der Waals surface area contributed by atoms with Gasteiger partial charge in [-0.3, -0.25) is 0 Å². The fourth-order valence-electron chi connectivity index (χ4n) is 0.903. The van der Waals surface area contributed by atoms with Crippen molar-refractivity contribution in [3.05, 3.63) is 11.8 Å². The fraction of sp³-hybridized carbons (Fsp3) is 0.400. The Labute approximate surface area is 99.2 Å². The Morgan fingerprint density at radius 1 is 1.62 bits per heavy atom. The molecule has 6 heteroatoms. The molecule has 0 aromatic carbocycles. The lowest BCUT2D eigenvalue weighted by Gasteiger charge is -2.03. The van der Waals surface area contributed by atoms with Crippen molar-refractivity contribution in [3.63, 3.8) is 0 Å². The van der Waals surface area contributed by atoms with Crippen molar-refractivity contribution in [2.75, 3.05) is 19.8 Å². The third kappa shape index (κ3) is 3.51. The van der Waals surface area contributed by atoms with Gasteiger partial charge in [0, 0.05) is 14.1 Å². The van der Waals surface area contributed by atoms with Gasteiger partial charge in [-0.15, -0.1) is 0 Å². The summed E-state index contributed by atoms with van der Waals surface area (Å²) in [5.41, 5.74) is 0.388. The highest BCUT2D eigenvalue weighted by atomic mass is 32.2. The highest BCUT2D eigenvalue weighted by Crippen LogP contribution is 2.19. The van der Waals surface area contributed by atoms with Crippen LogP contribution in [0, 0.1) is 11.3 Å². The van der Waals surface area contributed by atoms with Crippen molar-refractivity contribution in [1.82, 2.24) is 14.9 Å². The van der Waals surface area contributed by atoms with Crippen molar-refractivity contribution in [2.24, 2.45) is 4.99 Å². The molecule has 0 unspecified atom stereocenters. The first kappa shape index (κ1) is 12.5. The zero-order valence-electron chi connectivity index (χ0n) is 9.51. The quantitative estimate of drug-likeness (QED) is 0.344. The van der Waals surface area contributed by atoms with Gasteiger partial charge < -0.3 is 4.90 Å². The molecule has 1 rings (SSSR count). The molecule has 0 N–H and O–H groups in total. The Hall–Kier alpha value is -1.61. The molecule has 0 bridgehead atoms. The number of nitrogens with zero attached hydrogens (tertiary/aromatic N) is 5. The SMILES string of the molecule is CCSc1ncc(C#N)c(N=CN(C)C)n1. The lowest BCUT2D eigenvalue weighted by molar-refractivity contribution is 0.642. The van der Waals surface area contributed by atoms with E-state index < -0.39 is 0 Å². The molecule has 0 saturated heterocycles. The molecule has 0 fully saturated rings. The first-order chi connectivity index (χ1) is 7.67. The predicted octanol–water partition coefficient (Wildman–Crippen LogP) is 1.68. The number of thioether (sulfide) groups is 1. The summed E-state index contributed by atoms with van der Waals surface area (Å²) in [6.07, 6.45) is 3.12. The second-order valence-electron chi connectivity index (χ2n) is 3.14. The standard InChI is InChI=1S/C10H13N5S/c1-4-16-10-12-6-8(5-11)9(14-10)13-7-15(2)3/h6-7H,4H2,1-3H3. The van der Waals surface area contributed by atoms with Crippen molar-refractivity contribution in [2.45, 2.75) is 12.1 Å². The smallest absolute Gasteiger partial charge is 0.189 e. The Kier molecular flexibility index (Phi) is 4.73. The molecule has 0 spiro atoms. The number of aromatic nitrogens is 2. The third-order valence-electron chi connectivity index (χ3n) is 1.55. The molecule has 16 heavy (non-hydrogen) atoms. The normalized spacial score (nSPS) is 10.4. The van der Waals surface area contributed by atoms with E-state index >= 15 is 0 Å². The van der Waals surface area contributed by atoms with Crippen molar-refractivity contribution >= 4 is 23.9 Å². The van der Waals surface area contributed by atoms with Crippen molar-refractivity contribution in [3.8, 4) is 6.07 Å². The summed E-state index contributed by atoms with van der Waals surface area (Å²) in [6, 6.07) is 2.02. The van der Waals surface area contributed by atoms with Crippen molar-refractivity contribution < 1.29 is 0 Å². The van der Waals surface area contributed by atoms with E-state index in [4.69, 9.17) is 5.26 Å². The summed E-state index contributed by atoms with van der Waals surface area (Å²) in [5.74, 6) is 1.31. The maximum absolute atomic E-state index is 8.88. The molecule has 0 atom stereocenters. The van der Waals surface area contributed by atoms with Gasteiger partial charge in [0.2, 0.25) is 0 Å². The summed E-state index contributed by atoms with van der Waals surface area (Å²) in [5, 5.41) is 9.53. The third-order valence-corrected chi connectivity index (χ3v) is 2.29. The van der Waals surface area contributed by atoms with E-state index in [2.05, 4.69) is 15.0 Å². The summed E-state index contributed by atoms with van der Waals surface area (Å²) >= 11 is 1.52. The molecule has 1 heterocycles. The Morgan fingerprint density at radius 3 is 2.94 bits per heavy atom. The molecule has 0 aliphatic heterocycles. The second-order valence-corrected chi connectivity index (χ2v) is 4.37. The Balaban J connectivity index is 3.03. The van der Waals surface area contributed by atoms with Crippen LogP contribution in [0.5, 0.6) is 0 Å². The Bertz CT molecular complexity index is 422. The van der Waals surface area contributed by atoms with Crippen LogP contribution in [0.25, 0.3) is 0 Å². The molecule has 1 aromatic rings. The van der Waals surface area contributed by atoms with Crippen LogP contribution in [-0.2, 0) is 0 Å². The summed E-state index contributed by atoms with van der Waals surface area (Å²) in [6.45, 7) is 2.02. The van der Waals surface area contributed by atoms with Crippen LogP contribution in [0.15, 0.2) is 16.3 Å². The second kappa shape index (κ2) is 6.08. The summed E-state index contributed by atoms with van der Waals surface area (Å²) in [7, 11) is 3.72. The monoisotopic (exact) mass is 235 g/mol. The highest BCUT2D eigenvalue weighted by Gasteiger charge is 2.05. The van der Waals surface area contributed by atoms with Crippen LogP contribution >= 0.6 is 11.8 Å². The maximum atomic E-state index is 8.88. The van der Waals surface area contributed by atoms with E-state index in [1.807, 2.05) is 27.1 Å². The molecule has 84 valence electrons. The first-order valence-corrected chi connectivity index (χ1v) is 5.76. The minimum atomic E-state index is 0.388. The van der Waals surface area contributed by atoms with Crippen LogP contribution in [0.3, 0.4) is 0 Å². The largest absolute Gasteiger partial charge is 0.369 e. The van der Waals surface area contributed by atoms with Crippen LogP contribution in [-0.4, -0.2) is 41.1 Å². The van der Waals surface area contributed by atoms with Gasteiger partial charge in [-0.05, 0) is 5.75 Å².